The molecule has 1 unspecified atom stereocenters. The van der Waals surface area contributed by atoms with Crippen LogP contribution in [0.25, 0.3) is 11.2 Å². The number of aliphatic hydroxyl groups is 1. The zero-order valence-corrected chi connectivity index (χ0v) is 24.3. The van der Waals surface area contributed by atoms with Gasteiger partial charge in [0.25, 0.3) is 5.91 Å². The Balaban J connectivity index is 1.16. The van der Waals surface area contributed by atoms with Gasteiger partial charge in [-0.2, -0.15) is 0 Å². The molecule has 6 aromatic rings. The van der Waals surface area contributed by atoms with Crippen molar-refractivity contribution in [1.29, 1.82) is 0 Å². The zero-order chi connectivity index (χ0) is 30.6. The van der Waals surface area contributed by atoms with Crippen molar-refractivity contribution in [3.05, 3.63) is 156 Å². The predicted molar refractivity (Wildman–Crippen MR) is 169 cm³/mol. The predicted octanol–water partition coefficient (Wildman–Crippen LogP) is 5.74. The number of anilines is 1. The van der Waals surface area contributed by atoms with Crippen molar-refractivity contribution < 1.29 is 19.4 Å². The van der Waals surface area contributed by atoms with Crippen LogP contribution in [0.1, 0.15) is 39.7 Å². The molecule has 0 spiro atoms. The number of benzene rings is 4. The van der Waals surface area contributed by atoms with Crippen LogP contribution in [-0.4, -0.2) is 49.3 Å². The van der Waals surface area contributed by atoms with E-state index in [0.717, 1.165) is 16.7 Å². The molecular weight excluding hydrogens is 566 g/mol. The summed E-state index contributed by atoms with van der Waals surface area (Å²) < 4.78 is 15.1. The van der Waals surface area contributed by atoms with Gasteiger partial charge in [0.1, 0.15) is 24.3 Å². The molecule has 0 saturated carbocycles. The van der Waals surface area contributed by atoms with Crippen LogP contribution in [-0.2, 0) is 15.1 Å². The molecule has 1 saturated heterocycles. The molecule has 2 N–H and O–H groups in total. The first-order valence-electron chi connectivity index (χ1n) is 14.8. The normalized spacial score (nSPS) is 18.2. The number of amides is 1. The lowest BCUT2D eigenvalue weighted by Crippen LogP contribution is -2.38. The molecule has 0 radical (unpaired) electrons. The average Bonchev–Trinajstić information content (AvgIpc) is 3.70. The Kier molecular flexibility index (Phi) is 7.87. The number of carbonyl (C=O) groups is 1. The SMILES string of the molecule is O=C(Nc1ncnc2c1ncn2[C@H]1CC(O)[C@@H](COC(c2ccccc2)(c2ccccc2)c2ccccc2)O1)c1ccccc1. The molecule has 3 heterocycles. The number of aromatic nitrogens is 4. The first-order valence-corrected chi connectivity index (χ1v) is 14.8. The summed E-state index contributed by atoms with van der Waals surface area (Å²) >= 11 is 0. The monoisotopic (exact) mass is 597 g/mol. The van der Waals surface area contributed by atoms with Crippen molar-refractivity contribution >= 4 is 22.9 Å². The van der Waals surface area contributed by atoms with Gasteiger partial charge in [-0.05, 0) is 28.8 Å². The van der Waals surface area contributed by atoms with Gasteiger partial charge in [-0.15, -0.1) is 0 Å². The van der Waals surface area contributed by atoms with Crippen molar-refractivity contribution in [2.45, 2.75) is 30.5 Å². The summed E-state index contributed by atoms with van der Waals surface area (Å²) in [6.45, 7) is 0.121. The second-order valence-corrected chi connectivity index (χ2v) is 10.9. The minimum atomic E-state index is -0.939. The van der Waals surface area contributed by atoms with Crippen LogP contribution in [0.15, 0.2) is 134 Å². The number of rotatable bonds is 9. The molecule has 0 aliphatic carbocycles. The topological polar surface area (TPSA) is 111 Å². The van der Waals surface area contributed by atoms with Crippen molar-refractivity contribution in [3.63, 3.8) is 0 Å². The van der Waals surface area contributed by atoms with Crippen LogP contribution >= 0.6 is 0 Å². The molecular formula is C36H31N5O4. The first kappa shape index (κ1) is 28.5. The van der Waals surface area contributed by atoms with Crippen molar-refractivity contribution in [3.8, 4) is 0 Å². The van der Waals surface area contributed by atoms with Crippen LogP contribution in [0.5, 0.6) is 0 Å². The fraction of sp³-hybridized carbons (Fsp3) is 0.167. The fourth-order valence-electron chi connectivity index (χ4n) is 5.93. The molecule has 1 amide bonds. The summed E-state index contributed by atoms with van der Waals surface area (Å²) in [7, 11) is 0. The number of imidazole rings is 1. The Morgan fingerprint density at radius 2 is 1.38 bits per heavy atom. The van der Waals surface area contributed by atoms with Gasteiger partial charge in [-0.1, -0.05) is 109 Å². The molecule has 224 valence electrons. The van der Waals surface area contributed by atoms with Gasteiger partial charge >= 0.3 is 0 Å². The second kappa shape index (κ2) is 12.4. The number of hydrogen-bond donors (Lipinski definition) is 2. The third-order valence-corrected chi connectivity index (χ3v) is 8.15. The van der Waals surface area contributed by atoms with Gasteiger partial charge in [-0.3, -0.25) is 9.36 Å². The minimum absolute atomic E-state index is 0.121. The van der Waals surface area contributed by atoms with Crippen molar-refractivity contribution in [2.24, 2.45) is 0 Å². The number of carbonyl (C=O) groups excluding carboxylic acids is 1. The van der Waals surface area contributed by atoms with E-state index >= 15 is 0 Å². The van der Waals surface area contributed by atoms with Gasteiger partial charge in [0, 0.05) is 12.0 Å². The van der Waals surface area contributed by atoms with Gasteiger partial charge < -0.3 is 19.9 Å². The number of hydrogen-bond acceptors (Lipinski definition) is 7. The van der Waals surface area contributed by atoms with Gasteiger partial charge in [0.2, 0.25) is 0 Å². The van der Waals surface area contributed by atoms with E-state index in [4.69, 9.17) is 9.47 Å². The van der Waals surface area contributed by atoms with Gasteiger partial charge in [-0.25, -0.2) is 15.0 Å². The third kappa shape index (κ3) is 5.49. The highest BCUT2D eigenvalue weighted by molar-refractivity contribution is 6.06. The Labute approximate surface area is 260 Å². The second-order valence-electron chi connectivity index (χ2n) is 10.9. The summed E-state index contributed by atoms with van der Waals surface area (Å²) in [5, 5.41) is 14.0. The van der Waals surface area contributed by atoms with Gasteiger partial charge in [0.15, 0.2) is 17.0 Å². The summed E-state index contributed by atoms with van der Waals surface area (Å²) in [6.07, 6.45) is 1.31. The molecule has 45 heavy (non-hydrogen) atoms. The molecule has 2 aromatic heterocycles. The van der Waals surface area contributed by atoms with Crippen molar-refractivity contribution in [2.75, 3.05) is 11.9 Å². The average molecular weight is 598 g/mol. The number of aliphatic hydroxyl groups excluding tert-OH is 1. The first-order chi connectivity index (χ1) is 22.1. The molecule has 1 aliphatic rings. The summed E-state index contributed by atoms with van der Waals surface area (Å²) in [5.74, 6) is -0.00182. The quantitative estimate of drug-likeness (QED) is 0.205. The Morgan fingerprint density at radius 3 is 1.96 bits per heavy atom. The maximum Gasteiger partial charge on any atom is 0.256 e. The molecule has 3 atom stereocenters. The smallest absolute Gasteiger partial charge is 0.256 e. The lowest BCUT2D eigenvalue weighted by atomic mass is 9.80. The lowest BCUT2D eigenvalue weighted by molar-refractivity contribution is -0.0930. The Bertz CT molecular complexity index is 1790. The van der Waals surface area contributed by atoms with E-state index in [9.17, 15) is 9.90 Å². The Hall–Kier alpha value is -5.22. The number of nitrogens with zero attached hydrogens (tertiary/aromatic N) is 4. The van der Waals surface area contributed by atoms with E-state index in [0.29, 0.717) is 29.0 Å². The van der Waals surface area contributed by atoms with Crippen molar-refractivity contribution in [1.82, 2.24) is 19.5 Å². The minimum Gasteiger partial charge on any atom is -0.390 e. The maximum absolute atomic E-state index is 12.8. The molecule has 1 fully saturated rings. The Morgan fingerprint density at radius 1 is 0.822 bits per heavy atom. The molecule has 1 aliphatic heterocycles. The van der Waals surface area contributed by atoms with E-state index in [2.05, 4.69) is 56.7 Å². The number of fused-ring (bicyclic) bond motifs is 1. The highest BCUT2D eigenvalue weighted by Crippen LogP contribution is 2.42. The van der Waals surface area contributed by atoms with Crippen LogP contribution in [0.2, 0.25) is 0 Å². The number of nitrogens with one attached hydrogen (secondary N) is 1. The van der Waals surface area contributed by atoms with E-state index in [1.807, 2.05) is 60.7 Å². The molecule has 4 aromatic carbocycles. The molecule has 7 rings (SSSR count). The highest BCUT2D eigenvalue weighted by Gasteiger charge is 2.42. The van der Waals surface area contributed by atoms with Gasteiger partial charge in [0.05, 0.1) is 19.0 Å². The maximum atomic E-state index is 12.8. The van der Waals surface area contributed by atoms with Crippen LogP contribution < -0.4 is 5.32 Å². The lowest BCUT2D eigenvalue weighted by Gasteiger charge is -2.37. The van der Waals surface area contributed by atoms with E-state index in [-0.39, 0.29) is 12.5 Å². The molecule has 9 heteroatoms. The van der Waals surface area contributed by atoms with Crippen LogP contribution in [0.3, 0.4) is 0 Å². The van der Waals surface area contributed by atoms with E-state index in [1.54, 1.807) is 35.2 Å². The summed E-state index contributed by atoms with van der Waals surface area (Å²) in [6, 6.07) is 39.2. The molecule has 0 bridgehead atoms. The largest absolute Gasteiger partial charge is 0.390 e. The van der Waals surface area contributed by atoms with Crippen LogP contribution in [0.4, 0.5) is 5.82 Å². The fourth-order valence-corrected chi connectivity index (χ4v) is 5.93. The highest BCUT2D eigenvalue weighted by atomic mass is 16.6. The summed E-state index contributed by atoms with van der Waals surface area (Å²) in [4.78, 5) is 26.0. The molecule has 9 nitrogen and oxygen atoms in total. The number of ether oxygens (including phenoxy) is 2. The van der Waals surface area contributed by atoms with E-state index in [1.165, 1.54) is 6.33 Å². The summed E-state index contributed by atoms with van der Waals surface area (Å²) in [5.41, 5.74) is 3.38. The third-order valence-electron chi connectivity index (χ3n) is 8.15. The van der Waals surface area contributed by atoms with E-state index < -0.39 is 24.0 Å². The van der Waals surface area contributed by atoms with Crippen LogP contribution in [0, 0.1) is 0 Å². The standard InChI is InChI=1S/C36H31N5O4/c42-29-21-31(41-24-39-32-33(37-23-38-34(32)41)40-35(43)25-13-5-1-6-14-25)45-30(29)22-44-36(26-15-7-2-8-16-26,27-17-9-3-10-18-27)28-19-11-4-12-20-28/h1-20,23-24,29-31,42H,21-22H2,(H,37,38,40,43)/t29?,30-,31-/m1/s1. The zero-order valence-electron chi connectivity index (χ0n) is 24.3.